The summed E-state index contributed by atoms with van der Waals surface area (Å²) in [6, 6.07) is 27.2. The monoisotopic (exact) mass is 480 g/mol. The summed E-state index contributed by atoms with van der Waals surface area (Å²) in [6.45, 7) is 0.0299. The third-order valence-electron chi connectivity index (χ3n) is 6.46. The van der Waals surface area contributed by atoms with Gasteiger partial charge in [0.1, 0.15) is 11.5 Å². The molecule has 0 spiro atoms. The summed E-state index contributed by atoms with van der Waals surface area (Å²) in [5.41, 5.74) is 2.84. The summed E-state index contributed by atoms with van der Waals surface area (Å²) in [5, 5.41) is 8.62. The minimum absolute atomic E-state index is 0.152. The van der Waals surface area contributed by atoms with Gasteiger partial charge in [0.25, 0.3) is 5.91 Å². The first-order valence-corrected chi connectivity index (χ1v) is 11.7. The zero-order chi connectivity index (χ0) is 24.5. The molecule has 180 valence electrons. The average molecular weight is 481 g/mol. The van der Waals surface area contributed by atoms with Crippen molar-refractivity contribution in [1.29, 1.82) is 0 Å². The van der Waals surface area contributed by atoms with Crippen LogP contribution in [0.3, 0.4) is 0 Å². The summed E-state index contributed by atoms with van der Waals surface area (Å²) in [6.07, 6.45) is 0.598. The summed E-state index contributed by atoms with van der Waals surface area (Å²) < 4.78 is 21.9. The van der Waals surface area contributed by atoms with Gasteiger partial charge in [0.15, 0.2) is 18.1 Å². The summed E-state index contributed by atoms with van der Waals surface area (Å²) in [4.78, 5) is 13.4. The molecule has 4 aromatic rings. The van der Waals surface area contributed by atoms with Crippen molar-refractivity contribution in [3.05, 3.63) is 96.1 Å². The van der Waals surface area contributed by atoms with E-state index in [0.717, 1.165) is 33.4 Å². The first-order valence-electron chi connectivity index (χ1n) is 11.7. The van der Waals surface area contributed by atoms with Crippen molar-refractivity contribution in [2.75, 3.05) is 20.5 Å². The lowest BCUT2D eigenvalue weighted by Crippen LogP contribution is -2.31. The number of nitrogens with zero attached hydrogens (tertiary/aromatic N) is 2. The van der Waals surface area contributed by atoms with Crippen LogP contribution in [0.4, 0.5) is 0 Å². The van der Waals surface area contributed by atoms with E-state index in [2.05, 4.69) is 30.3 Å². The van der Waals surface area contributed by atoms with Crippen LogP contribution in [0.1, 0.15) is 23.6 Å². The highest BCUT2D eigenvalue weighted by atomic mass is 16.7. The molecule has 1 atom stereocenters. The lowest BCUT2D eigenvalue weighted by Gasteiger charge is -2.22. The van der Waals surface area contributed by atoms with Crippen molar-refractivity contribution in [1.82, 2.24) is 5.01 Å². The molecule has 4 aromatic carbocycles. The van der Waals surface area contributed by atoms with Crippen molar-refractivity contribution in [2.24, 2.45) is 5.10 Å². The average Bonchev–Trinajstić information content (AvgIpc) is 3.59. The minimum Gasteiger partial charge on any atom is -0.497 e. The second-order valence-electron chi connectivity index (χ2n) is 8.64. The molecule has 7 heteroatoms. The molecule has 0 saturated carbocycles. The van der Waals surface area contributed by atoms with E-state index in [9.17, 15) is 4.79 Å². The van der Waals surface area contributed by atoms with Crippen molar-refractivity contribution >= 4 is 22.4 Å². The van der Waals surface area contributed by atoms with Crippen LogP contribution in [0, 0.1) is 0 Å². The van der Waals surface area contributed by atoms with Gasteiger partial charge in [-0.3, -0.25) is 4.79 Å². The molecule has 0 aliphatic carbocycles. The third kappa shape index (κ3) is 4.20. The Morgan fingerprint density at radius 1 is 0.917 bits per heavy atom. The molecule has 0 bridgehead atoms. The number of methoxy groups -OCH3 is 1. The number of hydrogen-bond acceptors (Lipinski definition) is 6. The topological polar surface area (TPSA) is 69.6 Å². The van der Waals surface area contributed by atoms with Crippen molar-refractivity contribution in [3.63, 3.8) is 0 Å². The smallest absolute Gasteiger partial charge is 0.281 e. The normalized spacial score (nSPS) is 16.2. The van der Waals surface area contributed by atoms with Crippen molar-refractivity contribution in [2.45, 2.75) is 12.5 Å². The molecule has 6 rings (SSSR count). The maximum absolute atomic E-state index is 13.4. The van der Waals surface area contributed by atoms with E-state index in [-0.39, 0.29) is 25.3 Å². The standard InChI is InChI=1S/C29H24N2O5/c1-33-23-10-8-20(9-11-23)26-16-25(22-7-6-19-4-2-3-5-21(19)14-22)30-31(26)29(32)17-34-24-12-13-27-28(15-24)36-18-35-27/h2-15,26H,16-18H2,1H3/t26-/m0/s1. The van der Waals surface area contributed by atoms with Gasteiger partial charge in [-0.05, 0) is 52.2 Å². The highest BCUT2D eigenvalue weighted by molar-refractivity contribution is 6.05. The number of ether oxygens (including phenoxy) is 4. The first-order chi connectivity index (χ1) is 17.7. The lowest BCUT2D eigenvalue weighted by atomic mass is 9.97. The number of fused-ring (bicyclic) bond motifs is 2. The van der Waals surface area contributed by atoms with E-state index in [1.165, 1.54) is 0 Å². The Balaban J connectivity index is 1.27. The van der Waals surface area contributed by atoms with Crippen LogP contribution in [-0.4, -0.2) is 37.1 Å². The number of amides is 1. The molecule has 0 N–H and O–H groups in total. The molecule has 0 saturated heterocycles. The largest absolute Gasteiger partial charge is 0.497 e. The summed E-state index contributed by atoms with van der Waals surface area (Å²) >= 11 is 0. The molecule has 2 aliphatic heterocycles. The Labute approximate surface area is 208 Å². The number of carbonyl (C=O) groups excluding carboxylic acids is 1. The second-order valence-corrected chi connectivity index (χ2v) is 8.64. The Bertz CT molecular complexity index is 1460. The van der Waals surface area contributed by atoms with E-state index >= 15 is 0 Å². The SMILES string of the molecule is COc1ccc([C@@H]2CC(c3ccc4ccccc4c3)=NN2C(=O)COc2ccc3c(c2)OCO3)cc1. The molecule has 2 heterocycles. The van der Waals surface area contributed by atoms with Gasteiger partial charge in [0.2, 0.25) is 6.79 Å². The van der Waals surface area contributed by atoms with Gasteiger partial charge in [-0.25, -0.2) is 5.01 Å². The Hall–Kier alpha value is -4.52. The van der Waals surface area contributed by atoms with Gasteiger partial charge in [-0.2, -0.15) is 5.10 Å². The quantitative estimate of drug-likeness (QED) is 0.373. The van der Waals surface area contributed by atoms with E-state index in [1.54, 1.807) is 30.3 Å². The fourth-order valence-corrected chi connectivity index (χ4v) is 4.55. The fourth-order valence-electron chi connectivity index (χ4n) is 4.55. The summed E-state index contributed by atoms with van der Waals surface area (Å²) in [5.74, 6) is 2.33. The zero-order valence-electron chi connectivity index (χ0n) is 19.7. The van der Waals surface area contributed by atoms with Gasteiger partial charge in [-0.1, -0.05) is 48.5 Å². The lowest BCUT2D eigenvalue weighted by molar-refractivity contribution is -0.135. The number of hydrogen-bond donors (Lipinski definition) is 0. The van der Waals surface area contributed by atoms with Crippen molar-refractivity contribution in [3.8, 4) is 23.0 Å². The predicted molar refractivity (Wildman–Crippen MR) is 136 cm³/mol. The Morgan fingerprint density at radius 2 is 1.69 bits per heavy atom. The molecule has 7 nitrogen and oxygen atoms in total. The Morgan fingerprint density at radius 3 is 2.53 bits per heavy atom. The van der Waals surface area contributed by atoms with Crippen LogP contribution in [-0.2, 0) is 4.79 Å². The van der Waals surface area contributed by atoms with E-state index in [0.29, 0.717) is 23.7 Å². The zero-order valence-corrected chi connectivity index (χ0v) is 19.7. The number of benzene rings is 4. The third-order valence-corrected chi connectivity index (χ3v) is 6.46. The highest BCUT2D eigenvalue weighted by Gasteiger charge is 2.33. The second kappa shape index (κ2) is 9.26. The van der Waals surface area contributed by atoms with Crippen LogP contribution >= 0.6 is 0 Å². The molecule has 36 heavy (non-hydrogen) atoms. The van der Waals surface area contributed by atoms with Crippen LogP contribution in [0.5, 0.6) is 23.0 Å². The van der Waals surface area contributed by atoms with Gasteiger partial charge in [-0.15, -0.1) is 0 Å². The van der Waals surface area contributed by atoms with Gasteiger partial charge in [0.05, 0.1) is 18.9 Å². The van der Waals surface area contributed by atoms with Gasteiger partial charge in [0, 0.05) is 12.5 Å². The van der Waals surface area contributed by atoms with Crippen LogP contribution in [0.15, 0.2) is 90.0 Å². The highest BCUT2D eigenvalue weighted by Crippen LogP contribution is 2.36. The number of rotatable bonds is 6. The van der Waals surface area contributed by atoms with Crippen LogP contribution in [0.2, 0.25) is 0 Å². The van der Waals surface area contributed by atoms with E-state index in [1.807, 2.05) is 36.4 Å². The fraction of sp³-hybridized carbons (Fsp3) is 0.172. The van der Waals surface area contributed by atoms with E-state index < -0.39 is 0 Å². The number of carbonyl (C=O) groups is 1. The van der Waals surface area contributed by atoms with Crippen molar-refractivity contribution < 1.29 is 23.7 Å². The molecule has 0 unspecified atom stereocenters. The number of hydrazone groups is 1. The molecule has 2 aliphatic rings. The maximum Gasteiger partial charge on any atom is 0.281 e. The van der Waals surface area contributed by atoms with Crippen LogP contribution in [0.25, 0.3) is 10.8 Å². The predicted octanol–water partition coefficient (Wildman–Crippen LogP) is 5.33. The molecule has 0 fully saturated rings. The Kier molecular flexibility index (Phi) is 5.65. The molecule has 1 amide bonds. The maximum atomic E-state index is 13.4. The molecule has 0 aromatic heterocycles. The molecular formula is C29H24N2O5. The minimum atomic E-state index is -0.245. The van der Waals surface area contributed by atoms with E-state index in [4.69, 9.17) is 24.0 Å². The molecular weight excluding hydrogens is 456 g/mol. The summed E-state index contributed by atoms with van der Waals surface area (Å²) in [7, 11) is 1.63. The molecule has 0 radical (unpaired) electrons. The van der Waals surface area contributed by atoms with Crippen LogP contribution < -0.4 is 18.9 Å². The van der Waals surface area contributed by atoms with Gasteiger partial charge >= 0.3 is 0 Å². The van der Waals surface area contributed by atoms with Gasteiger partial charge < -0.3 is 18.9 Å². The first kappa shape index (κ1) is 22.0.